The van der Waals surface area contributed by atoms with Gasteiger partial charge < -0.3 is 40.3 Å². The number of nitrogens with zero attached hydrogens (tertiary/aromatic N) is 9. The number of likely N-dealkylation sites (tertiary alicyclic amines) is 9. The molecule has 9 nitrogen and oxygen atoms in total. The van der Waals surface area contributed by atoms with E-state index in [4.69, 9.17) is 0 Å². The summed E-state index contributed by atoms with van der Waals surface area (Å²) in [5, 5.41) is 0. The maximum atomic E-state index is 2.44. The van der Waals surface area contributed by atoms with Gasteiger partial charge in [-0.3, -0.25) is 0 Å². The third-order valence-corrected chi connectivity index (χ3v) is 30.2. The summed E-state index contributed by atoms with van der Waals surface area (Å²) in [6.45, 7) is 82.7. The van der Waals surface area contributed by atoms with Crippen LogP contribution in [0.1, 0.15) is 332 Å². The van der Waals surface area contributed by atoms with Crippen molar-refractivity contribution in [1.29, 1.82) is 0 Å². The molecule has 9 aliphatic rings. The van der Waals surface area contributed by atoms with E-state index in [0.717, 1.165) is 77.6 Å². The lowest BCUT2D eigenvalue weighted by atomic mass is 9.87. The Balaban J connectivity index is 0.000000580. The molecule has 17 atom stereocenters. The van der Waals surface area contributed by atoms with Crippen LogP contribution in [0.2, 0.25) is 0 Å². The lowest BCUT2D eigenvalue weighted by Crippen LogP contribution is -2.59. The fourth-order valence-corrected chi connectivity index (χ4v) is 22.4. The first-order chi connectivity index (χ1) is 48.2. The van der Waals surface area contributed by atoms with Crippen LogP contribution in [0, 0.1) is 47.3 Å². The van der Waals surface area contributed by atoms with Crippen molar-refractivity contribution in [2.45, 2.75) is 362 Å². The zero-order valence-electron chi connectivity index (χ0n) is 77.9. The van der Waals surface area contributed by atoms with E-state index in [0.29, 0.717) is 0 Å². The molecule has 0 amide bonds. The normalized spacial score (nSPS) is 39.9. The van der Waals surface area contributed by atoms with E-state index >= 15 is 0 Å². The first kappa shape index (κ1) is 101. The molecule has 618 valence electrons. The predicted molar refractivity (Wildman–Crippen MR) is 464 cm³/mol. The summed E-state index contributed by atoms with van der Waals surface area (Å²) in [4.78, 5) is 0. The zero-order valence-corrected chi connectivity index (χ0v) is 77.9. The van der Waals surface area contributed by atoms with Crippen molar-refractivity contribution < 1.29 is 40.3 Å². The fraction of sp³-hybridized carbons (Fsp3) is 1.00. The number of piperidine rings is 9. The lowest BCUT2D eigenvalue weighted by Gasteiger charge is -2.48. The summed E-state index contributed by atoms with van der Waals surface area (Å²) in [5.74, 6) is 7.58. The zero-order chi connectivity index (χ0) is 78.4. The predicted octanol–water partition coefficient (Wildman–Crippen LogP) is 22.2. The molecular formula is C94H206N9+9. The van der Waals surface area contributed by atoms with E-state index in [-0.39, 0.29) is 0 Å². The van der Waals surface area contributed by atoms with Gasteiger partial charge in [0.2, 0.25) is 0 Å². The van der Waals surface area contributed by atoms with E-state index < -0.39 is 0 Å². The van der Waals surface area contributed by atoms with Crippen molar-refractivity contribution in [2.24, 2.45) is 47.3 Å². The minimum absolute atomic E-state index is 0.874. The second-order valence-corrected chi connectivity index (χ2v) is 41.6. The Morgan fingerprint density at radius 2 is 0.592 bits per heavy atom. The maximum absolute atomic E-state index is 2.44. The Labute approximate surface area is 653 Å². The van der Waals surface area contributed by atoms with Gasteiger partial charge in [0, 0.05) is 36.0 Å². The molecule has 0 saturated carbocycles. The summed E-state index contributed by atoms with van der Waals surface area (Å²) in [5.41, 5.74) is 0. The van der Waals surface area contributed by atoms with Gasteiger partial charge in [0.05, 0.1) is 238 Å². The summed E-state index contributed by atoms with van der Waals surface area (Å²) in [6.07, 6.45) is 39.4. The van der Waals surface area contributed by atoms with Gasteiger partial charge in [0.1, 0.15) is 0 Å². The van der Waals surface area contributed by atoms with Gasteiger partial charge in [-0.2, -0.15) is 0 Å². The van der Waals surface area contributed by atoms with Gasteiger partial charge >= 0.3 is 0 Å². The number of quaternary nitrogens is 9. The molecular weight excluding hydrogens is 1260 g/mol. The Bertz CT molecular complexity index is 2030. The number of hydrogen-bond acceptors (Lipinski definition) is 0. The third kappa shape index (κ3) is 37.7. The molecule has 0 aromatic heterocycles. The Morgan fingerprint density at radius 1 is 0.214 bits per heavy atom. The van der Waals surface area contributed by atoms with Crippen molar-refractivity contribution >= 4 is 0 Å². The van der Waals surface area contributed by atoms with E-state index in [2.05, 4.69) is 216 Å². The highest BCUT2D eigenvalue weighted by atomic mass is 15.4. The molecule has 9 rings (SSSR count). The van der Waals surface area contributed by atoms with E-state index in [1.807, 2.05) is 0 Å². The molecule has 0 spiro atoms. The van der Waals surface area contributed by atoms with Crippen LogP contribution in [0.5, 0.6) is 0 Å². The minimum Gasteiger partial charge on any atom is -0.326 e. The van der Waals surface area contributed by atoms with Crippen molar-refractivity contribution in [3.05, 3.63) is 0 Å². The Hall–Kier alpha value is -0.360. The molecule has 9 aliphatic heterocycles. The molecule has 0 bridgehead atoms. The molecule has 9 fully saturated rings. The van der Waals surface area contributed by atoms with Gasteiger partial charge in [-0.1, -0.05) is 118 Å². The smallest absolute Gasteiger partial charge is 0.0885 e. The first-order valence-corrected chi connectivity index (χ1v) is 46.7. The monoisotopic (exact) mass is 1460 g/mol. The molecule has 17 unspecified atom stereocenters. The highest BCUT2D eigenvalue weighted by Gasteiger charge is 2.40. The van der Waals surface area contributed by atoms with Gasteiger partial charge in [-0.25, -0.2) is 0 Å². The molecule has 9 heteroatoms. The lowest BCUT2D eigenvalue weighted by molar-refractivity contribution is -0.957. The summed E-state index contributed by atoms with van der Waals surface area (Å²) in [6, 6.07) is 4.43. The number of hydrogen-bond donors (Lipinski definition) is 0. The van der Waals surface area contributed by atoms with Crippen molar-refractivity contribution in [1.82, 2.24) is 0 Å². The summed E-state index contributed by atoms with van der Waals surface area (Å²) in [7, 11) is 21.8. The SMILES string of the molecule is CCC[N+]1(C)C(C)CCCC1C.CCC[N+]1(C)CC(C)CC(C)C1.CCC[N+]1(C)CCC(C)C(C)C1.CCC[N+]1(C)CCC(C)CC1.CCC[N+]1(C)CCC(C)CC1C.CCC[N+]1(C)CCCC(C)C1.CCC[N+]1(C)CCCC(C)C1C.CCC[N+]1(C)CCCCC1.CCC[N+]1(C)CCCCC1C. The van der Waals surface area contributed by atoms with Crippen LogP contribution in [0.15, 0.2) is 0 Å². The van der Waals surface area contributed by atoms with Crippen LogP contribution in [0.25, 0.3) is 0 Å². The van der Waals surface area contributed by atoms with Crippen LogP contribution in [0.3, 0.4) is 0 Å². The molecule has 0 aromatic carbocycles. The van der Waals surface area contributed by atoms with Crippen molar-refractivity contribution in [2.75, 3.05) is 207 Å². The molecule has 9 saturated heterocycles. The van der Waals surface area contributed by atoms with E-state index in [1.54, 1.807) is 0 Å². The largest absolute Gasteiger partial charge is 0.326 e. The van der Waals surface area contributed by atoms with Gasteiger partial charge in [-0.15, -0.1) is 0 Å². The van der Waals surface area contributed by atoms with Crippen LogP contribution >= 0.6 is 0 Å². The molecule has 0 aliphatic carbocycles. The molecule has 0 radical (unpaired) electrons. The third-order valence-electron chi connectivity index (χ3n) is 30.2. The second kappa shape index (κ2) is 50.6. The highest BCUT2D eigenvalue weighted by molar-refractivity contribution is 4.72. The number of rotatable bonds is 18. The van der Waals surface area contributed by atoms with Crippen LogP contribution in [-0.4, -0.2) is 278 Å². The van der Waals surface area contributed by atoms with Crippen LogP contribution < -0.4 is 0 Å². The van der Waals surface area contributed by atoms with Gasteiger partial charge in [0.15, 0.2) is 0 Å². The highest BCUT2D eigenvalue weighted by Crippen LogP contribution is 2.33. The minimum atomic E-state index is 0.874. The van der Waals surface area contributed by atoms with Crippen LogP contribution in [0.4, 0.5) is 0 Å². The molecule has 103 heavy (non-hydrogen) atoms. The standard InChI is InChI=1S/5C11H24N.3C10H22N.C9H20N/c1-5-9-12(4)10(2)7-6-8-11(12)3;1-5-8-12(4)9-6-7-10(2)11(12)3;1-5-7-12(4)8-6-10(2)11(3)9-12;1-5-7-12(4)8-6-10(2)9-11(12)3;1-5-6-12(4)8-10(2)7-11(3)9-12;1-4-7-11(3)8-5-10(2)6-9-11;1-4-8-11(3)9-6-5-7-10(11)2;1-4-7-11(3)8-5-6-10(2)9-11;1-3-7-10(2)8-5-4-6-9-10/h5*10-11H,5-9H2,1-4H3;3*10H,4-9H2,1-3H3;3-9H2,1-2H3/q9*+1. The van der Waals surface area contributed by atoms with E-state index in [9.17, 15) is 0 Å². The Morgan fingerprint density at radius 3 is 1.06 bits per heavy atom. The van der Waals surface area contributed by atoms with Gasteiger partial charge in [-0.05, 0) is 226 Å². The maximum Gasteiger partial charge on any atom is 0.0885 e. The fourth-order valence-electron chi connectivity index (χ4n) is 22.4. The van der Waals surface area contributed by atoms with Crippen molar-refractivity contribution in [3.8, 4) is 0 Å². The average molecular weight is 1460 g/mol. The molecule has 9 heterocycles. The Kier molecular flexibility index (Phi) is 49.4. The van der Waals surface area contributed by atoms with Crippen LogP contribution in [-0.2, 0) is 0 Å². The molecule has 0 aromatic rings. The average Bonchev–Trinajstić information content (AvgIpc) is 0.957. The van der Waals surface area contributed by atoms with E-state index in [1.165, 1.54) is 364 Å². The molecule has 0 N–H and O–H groups in total. The first-order valence-electron chi connectivity index (χ1n) is 46.7. The van der Waals surface area contributed by atoms with Gasteiger partial charge in [0.25, 0.3) is 0 Å². The van der Waals surface area contributed by atoms with Crippen molar-refractivity contribution in [3.63, 3.8) is 0 Å². The summed E-state index contributed by atoms with van der Waals surface area (Å²) >= 11 is 0. The topological polar surface area (TPSA) is 0 Å². The second-order valence-electron chi connectivity index (χ2n) is 41.6. The summed E-state index contributed by atoms with van der Waals surface area (Å²) < 4.78 is 11.9. The quantitative estimate of drug-likeness (QED) is 0.120.